The van der Waals surface area contributed by atoms with Crippen molar-refractivity contribution >= 4 is 17.9 Å². The Balaban J connectivity index is 1.37. The highest BCUT2D eigenvalue weighted by Crippen LogP contribution is 2.28. The molecular formula is C24H29N3O5. The van der Waals surface area contributed by atoms with Gasteiger partial charge in [0, 0.05) is 18.5 Å². The fourth-order valence-corrected chi connectivity index (χ4v) is 3.89. The summed E-state index contributed by atoms with van der Waals surface area (Å²) in [6.45, 7) is 0.487. The summed E-state index contributed by atoms with van der Waals surface area (Å²) in [6, 6.07) is 18.8. The molecule has 3 N–H and O–H groups in total. The number of benzene rings is 2. The number of hydrogen-bond donors (Lipinski definition) is 3. The number of carbonyl (C=O) groups excluding carboxylic acids is 2. The van der Waals surface area contributed by atoms with E-state index in [-0.39, 0.29) is 24.5 Å². The first kappa shape index (κ1) is 23.3. The molecule has 8 heteroatoms. The number of ether oxygens (including phenoxy) is 1. The van der Waals surface area contributed by atoms with Crippen molar-refractivity contribution < 1.29 is 24.2 Å². The molecule has 1 saturated carbocycles. The number of carboxylic acid groups (broad SMARTS) is 1. The van der Waals surface area contributed by atoms with Crippen molar-refractivity contribution in [3.63, 3.8) is 0 Å². The normalized spacial score (nSPS) is 17.9. The highest BCUT2D eigenvalue weighted by atomic mass is 16.5. The summed E-state index contributed by atoms with van der Waals surface area (Å²) in [7, 11) is 0. The lowest BCUT2D eigenvalue weighted by Crippen LogP contribution is -2.48. The minimum Gasteiger partial charge on any atom is -0.465 e. The van der Waals surface area contributed by atoms with Crippen LogP contribution in [-0.2, 0) is 27.5 Å². The van der Waals surface area contributed by atoms with E-state index in [1.54, 1.807) is 0 Å². The van der Waals surface area contributed by atoms with Gasteiger partial charge in [0.2, 0.25) is 5.91 Å². The van der Waals surface area contributed by atoms with Crippen LogP contribution in [0.2, 0.25) is 0 Å². The summed E-state index contributed by atoms with van der Waals surface area (Å²) in [5, 5.41) is 9.64. The van der Waals surface area contributed by atoms with E-state index < -0.39 is 12.0 Å². The molecule has 0 radical (unpaired) electrons. The number of hydrogen-bond acceptors (Lipinski definition) is 4. The molecule has 3 amide bonds. The summed E-state index contributed by atoms with van der Waals surface area (Å²) in [6.07, 6.45) is 1.38. The van der Waals surface area contributed by atoms with Crippen LogP contribution < -0.4 is 10.9 Å². The quantitative estimate of drug-likeness (QED) is 0.548. The Bertz CT molecular complexity index is 883. The summed E-state index contributed by atoms with van der Waals surface area (Å²) in [4.78, 5) is 37.5. The predicted molar refractivity (Wildman–Crippen MR) is 118 cm³/mol. The van der Waals surface area contributed by atoms with Crippen LogP contribution in [0.3, 0.4) is 0 Å². The second-order valence-corrected chi connectivity index (χ2v) is 7.92. The molecule has 2 aromatic carbocycles. The maximum atomic E-state index is 12.4. The van der Waals surface area contributed by atoms with Gasteiger partial charge in [-0.3, -0.25) is 20.4 Å². The molecule has 0 atom stereocenters. The molecule has 0 saturated heterocycles. The molecule has 1 fully saturated rings. The van der Waals surface area contributed by atoms with Crippen molar-refractivity contribution in [2.24, 2.45) is 5.92 Å². The average Bonchev–Trinajstić information content (AvgIpc) is 2.82. The fourth-order valence-electron chi connectivity index (χ4n) is 3.89. The van der Waals surface area contributed by atoms with Crippen LogP contribution >= 0.6 is 0 Å². The van der Waals surface area contributed by atoms with E-state index >= 15 is 0 Å². The van der Waals surface area contributed by atoms with Gasteiger partial charge in [-0.25, -0.2) is 4.79 Å². The molecule has 0 aromatic heterocycles. The van der Waals surface area contributed by atoms with Gasteiger partial charge in [-0.2, -0.15) is 0 Å². The predicted octanol–water partition coefficient (Wildman–Crippen LogP) is 3.09. The van der Waals surface area contributed by atoms with Crippen molar-refractivity contribution in [3.05, 3.63) is 71.8 Å². The van der Waals surface area contributed by atoms with E-state index in [1.807, 2.05) is 60.7 Å². The molecule has 0 unspecified atom stereocenters. The van der Waals surface area contributed by atoms with E-state index in [2.05, 4.69) is 10.9 Å². The van der Waals surface area contributed by atoms with Gasteiger partial charge < -0.3 is 14.7 Å². The van der Waals surface area contributed by atoms with E-state index in [0.29, 0.717) is 38.8 Å². The highest BCUT2D eigenvalue weighted by molar-refractivity contribution is 5.83. The molecule has 0 bridgehead atoms. The van der Waals surface area contributed by atoms with Crippen molar-refractivity contribution in [2.45, 2.75) is 44.9 Å². The van der Waals surface area contributed by atoms with Crippen LogP contribution in [0.15, 0.2) is 60.7 Å². The van der Waals surface area contributed by atoms with Gasteiger partial charge in [-0.05, 0) is 36.8 Å². The Morgan fingerprint density at radius 1 is 0.875 bits per heavy atom. The molecule has 0 spiro atoms. The second-order valence-electron chi connectivity index (χ2n) is 7.92. The first-order valence-electron chi connectivity index (χ1n) is 10.8. The van der Waals surface area contributed by atoms with Gasteiger partial charge in [-0.15, -0.1) is 0 Å². The number of hydrazine groups is 1. The Kier molecular flexibility index (Phi) is 8.62. The average molecular weight is 440 g/mol. The zero-order chi connectivity index (χ0) is 22.8. The smallest absolute Gasteiger partial charge is 0.407 e. The number of carbonyl (C=O) groups is 3. The zero-order valence-corrected chi connectivity index (χ0v) is 17.9. The number of rotatable bonds is 8. The Morgan fingerprint density at radius 2 is 1.47 bits per heavy atom. The van der Waals surface area contributed by atoms with Crippen LogP contribution in [0, 0.1) is 5.92 Å². The minimum atomic E-state index is -0.954. The van der Waals surface area contributed by atoms with Crippen molar-refractivity contribution in [3.8, 4) is 0 Å². The van der Waals surface area contributed by atoms with E-state index in [9.17, 15) is 19.5 Å². The minimum absolute atomic E-state index is 0.127. The second kappa shape index (κ2) is 11.9. The lowest BCUT2D eigenvalue weighted by atomic mass is 9.85. The Hall–Kier alpha value is -3.39. The Morgan fingerprint density at radius 3 is 2.06 bits per heavy atom. The fraction of sp³-hybridized carbons (Fsp3) is 0.375. The topological polar surface area (TPSA) is 108 Å². The van der Waals surface area contributed by atoms with Crippen LogP contribution in [-0.4, -0.2) is 40.6 Å². The van der Waals surface area contributed by atoms with E-state index in [1.165, 1.54) is 4.90 Å². The standard InChI is InChI=1S/C24H29N3O5/c28-22(17-32-16-19-9-5-2-6-10-19)25-26-23(29)20-11-13-21(14-12-20)27(24(30)31)15-18-7-3-1-4-8-18/h1-10,20-21H,11-17H2,(H,25,28)(H,26,29)(H,30,31). The highest BCUT2D eigenvalue weighted by Gasteiger charge is 2.31. The number of amides is 3. The van der Waals surface area contributed by atoms with Gasteiger partial charge in [0.15, 0.2) is 0 Å². The molecule has 1 aliphatic rings. The molecule has 2 aromatic rings. The number of nitrogens with one attached hydrogen (secondary N) is 2. The van der Waals surface area contributed by atoms with E-state index in [0.717, 1.165) is 11.1 Å². The van der Waals surface area contributed by atoms with Gasteiger partial charge >= 0.3 is 6.09 Å². The van der Waals surface area contributed by atoms with Crippen molar-refractivity contribution in [2.75, 3.05) is 6.61 Å². The molecule has 32 heavy (non-hydrogen) atoms. The third-order valence-corrected chi connectivity index (χ3v) is 5.62. The molecular weight excluding hydrogens is 410 g/mol. The summed E-state index contributed by atoms with van der Waals surface area (Å²) >= 11 is 0. The zero-order valence-electron chi connectivity index (χ0n) is 17.9. The maximum Gasteiger partial charge on any atom is 0.407 e. The summed E-state index contributed by atoms with van der Waals surface area (Å²) in [5.74, 6) is -0.947. The molecule has 8 nitrogen and oxygen atoms in total. The Labute approximate surface area is 187 Å². The third-order valence-electron chi connectivity index (χ3n) is 5.62. The van der Waals surface area contributed by atoms with Gasteiger partial charge in [-0.1, -0.05) is 60.7 Å². The SMILES string of the molecule is O=C(COCc1ccccc1)NNC(=O)C1CCC(N(Cc2ccccc2)C(=O)O)CC1. The largest absolute Gasteiger partial charge is 0.465 e. The molecule has 170 valence electrons. The monoisotopic (exact) mass is 439 g/mol. The lowest BCUT2D eigenvalue weighted by Gasteiger charge is -2.35. The molecule has 3 rings (SSSR count). The van der Waals surface area contributed by atoms with Gasteiger partial charge in [0.25, 0.3) is 5.91 Å². The molecule has 0 aliphatic heterocycles. The maximum absolute atomic E-state index is 12.4. The third kappa shape index (κ3) is 7.09. The van der Waals surface area contributed by atoms with Gasteiger partial charge in [0.05, 0.1) is 6.61 Å². The molecule has 0 heterocycles. The number of nitrogens with zero attached hydrogens (tertiary/aromatic N) is 1. The van der Waals surface area contributed by atoms with Crippen molar-refractivity contribution in [1.29, 1.82) is 0 Å². The van der Waals surface area contributed by atoms with Gasteiger partial charge in [0.1, 0.15) is 6.61 Å². The van der Waals surface area contributed by atoms with Crippen LogP contribution in [0.25, 0.3) is 0 Å². The summed E-state index contributed by atoms with van der Waals surface area (Å²) < 4.78 is 5.35. The van der Waals surface area contributed by atoms with E-state index in [4.69, 9.17) is 4.74 Å². The van der Waals surface area contributed by atoms with Crippen LogP contribution in [0.4, 0.5) is 4.79 Å². The van der Waals surface area contributed by atoms with Crippen LogP contribution in [0.5, 0.6) is 0 Å². The van der Waals surface area contributed by atoms with Crippen LogP contribution in [0.1, 0.15) is 36.8 Å². The van der Waals surface area contributed by atoms with Crippen molar-refractivity contribution in [1.82, 2.24) is 15.8 Å². The summed E-state index contributed by atoms with van der Waals surface area (Å²) in [5.41, 5.74) is 6.74. The lowest BCUT2D eigenvalue weighted by molar-refractivity contribution is -0.134. The first-order valence-corrected chi connectivity index (χ1v) is 10.8. The first-order chi connectivity index (χ1) is 15.5. The molecule has 1 aliphatic carbocycles.